The molecule has 1 aromatic carbocycles. The minimum atomic E-state index is -0.658. The first-order valence-electron chi connectivity index (χ1n) is 6.88. The molecule has 0 aliphatic carbocycles. The number of anilines is 1. The largest absolute Gasteiger partial charge is 0.389 e. The molecule has 1 aliphatic rings. The summed E-state index contributed by atoms with van der Waals surface area (Å²) in [6, 6.07) is 5.36. The van der Waals surface area contributed by atoms with Crippen molar-refractivity contribution in [2.45, 2.75) is 31.9 Å². The summed E-state index contributed by atoms with van der Waals surface area (Å²) < 4.78 is 14.1. The van der Waals surface area contributed by atoms with Gasteiger partial charge in [-0.15, -0.1) is 0 Å². The summed E-state index contributed by atoms with van der Waals surface area (Å²) in [4.78, 5) is 4.25. The number of rotatable bonds is 4. The minimum absolute atomic E-state index is 0.262. The quantitative estimate of drug-likeness (QED) is 0.906. The Labute approximate surface area is 114 Å². The van der Waals surface area contributed by atoms with Gasteiger partial charge < -0.3 is 14.9 Å². The molecule has 1 heterocycles. The van der Waals surface area contributed by atoms with E-state index in [9.17, 15) is 9.50 Å². The average Bonchev–Trinajstić information content (AvgIpc) is 2.74. The second kappa shape index (κ2) is 5.88. The Bertz CT molecular complexity index is 436. The molecule has 1 N–H and O–H groups in total. The second-order valence-corrected chi connectivity index (χ2v) is 5.51. The van der Waals surface area contributed by atoms with E-state index in [4.69, 9.17) is 0 Å². The van der Waals surface area contributed by atoms with Crippen molar-refractivity contribution in [3.8, 4) is 0 Å². The number of nitrogens with zero attached hydrogens (tertiary/aromatic N) is 2. The highest BCUT2D eigenvalue weighted by Gasteiger charge is 2.24. The third-order valence-corrected chi connectivity index (χ3v) is 4.01. The summed E-state index contributed by atoms with van der Waals surface area (Å²) in [5.41, 5.74) is 1.18. The molecular weight excluding hydrogens is 243 g/mol. The number of hydrogen-bond donors (Lipinski definition) is 1. The molecule has 0 aromatic heterocycles. The van der Waals surface area contributed by atoms with Crippen LogP contribution in [0.15, 0.2) is 18.2 Å². The summed E-state index contributed by atoms with van der Waals surface area (Å²) in [5.74, 6) is -0.262. The van der Waals surface area contributed by atoms with E-state index in [0.717, 1.165) is 19.5 Å². The fourth-order valence-corrected chi connectivity index (χ4v) is 2.89. The molecule has 0 bridgehead atoms. The van der Waals surface area contributed by atoms with Crippen LogP contribution in [0.3, 0.4) is 0 Å². The first kappa shape index (κ1) is 14.3. The topological polar surface area (TPSA) is 26.7 Å². The van der Waals surface area contributed by atoms with Crippen molar-refractivity contribution >= 4 is 5.69 Å². The lowest BCUT2D eigenvalue weighted by Gasteiger charge is -2.29. The molecule has 4 heteroatoms. The van der Waals surface area contributed by atoms with Crippen molar-refractivity contribution in [1.82, 2.24) is 4.90 Å². The summed E-state index contributed by atoms with van der Waals surface area (Å²) >= 11 is 0. The Hall–Kier alpha value is -1.13. The lowest BCUT2D eigenvalue weighted by atomic mass is 10.1. The molecule has 0 radical (unpaired) electrons. The molecule has 0 saturated carbocycles. The van der Waals surface area contributed by atoms with Crippen LogP contribution < -0.4 is 4.90 Å². The number of aliphatic hydroxyl groups excluding tert-OH is 1. The standard InChI is InChI=1S/C15H23FN2O/c1-11(19)13-7-4-8-14(16)15(13)18(3)10-12-6-5-9-17(12)2/h4,7-8,11-12,19H,5-6,9-10H2,1-3H3/t11-,12?/m0/s1. The molecular formula is C15H23FN2O. The Kier molecular flexibility index (Phi) is 4.42. The molecule has 0 spiro atoms. The molecule has 2 atom stereocenters. The van der Waals surface area contributed by atoms with Gasteiger partial charge >= 0.3 is 0 Å². The maximum Gasteiger partial charge on any atom is 0.146 e. The van der Waals surface area contributed by atoms with E-state index in [1.165, 1.54) is 12.5 Å². The van der Waals surface area contributed by atoms with E-state index in [1.54, 1.807) is 19.1 Å². The number of para-hydroxylation sites is 1. The van der Waals surface area contributed by atoms with Crippen LogP contribution in [-0.2, 0) is 0 Å². The van der Waals surface area contributed by atoms with Crippen LogP contribution in [0.25, 0.3) is 0 Å². The van der Waals surface area contributed by atoms with Gasteiger partial charge in [0.15, 0.2) is 0 Å². The summed E-state index contributed by atoms with van der Waals surface area (Å²) in [6.45, 7) is 3.57. The molecule has 1 unspecified atom stereocenters. The highest BCUT2D eigenvalue weighted by Crippen LogP contribution is 2.29. The molecule has 3 nitrogen and oxygen atoms in total. The van der Waals surface area contributed by atoms with Gasteiger partial charge in [-0.3, -0.25) is 0 Å². The SMILES string of the molecule is C[C@H](O)c1cccc(F)c1N(C)CC1CCCN1C. The predicted octanol–water partition coefficient (Wildman–Crippen LogP) is 2.41. The van der Waals surface area contributed by atoms with Crippen LogP contribution in [0, 0.1) is 5.82 Å². The molecule has 19 heavy (non-hydrogen) atoms. The van der Waals surface area contributed by atoms with Crippen molar-refractivity contribution in [1.29, 1.82) is 0 Å². The van der Waals surface area contributed by atoms with Gasteiger partial charge in [-0.25, -0.2) is 4.39 Å². The van der Waals surface area contributed by atoms with Gasteiger partial charge in [0, 0.05) is 25.2 Å². The lowest BCUT2D eigenvalue weighted by molar-refractivity contribution is 0.199. The highest BCUT2D eigenvalue weighted by molar-refractivity contribution is 5.55. The zero-order chi connectivity index (χ0) is 14.0. The molecule has 106 valence electrons. The highest BCUT2D eigenvalue weighted by atomic mass is 19.1. The molecule has 2 rings (SSSR count). The van der Waals surface area contributed by atoms with E-state index < -0.39 is 6.10 Å². The molecule has 1 aromatic rings. The number of benzene rings is 1. The van der Waals surface area contributed by atoms with Crippen LogP contribution in [0.5, 0.6) is 0 Å². The van der Waals surface area contributed by atoms with Gasteiger partial charge in [0.1, 0.15) is 5.82 Å². The fourth-order valence-electron chi connectivity index (χ4n) is 2.89. The van der Waals surface area contributed by atoms with E-state index in [2.05, 4.69) is 11.9 Å². The lowest BCUT2D eigenvalue weighted by Crippen LogP contribution is -2.37. The normalized spacial score (nSPS) is 21.6. The van der Waals surface area contributed by atoms with Crippen LogP contribution in [0.1, 0.15) is 31.4 Å². The predicted molar refractivity (Wildman–Crippen MR) is 76.0 cm³/mol. The smallest absolute Gasteiger partial charge is 0.146 e. The number of likely N-dealkylation sites (tertiary alicyclic amines) is 1. The molecule has 0 amide bonds. The fraction of sp³-hybridized carbons (Fsp3) is 0.600. The van der Waals surface area contributed by atoms with Crippen molar-refractivity contribution in [2.24, 2.45) is 0 Å². The zero-order valence-electron chi connectivity index (χ0n) is 11.9. The van der Waals surface area contributed by atoms with Crippen molar-refractivity contribution in [3.63, 3.8) is 0 Å². The van der Waals surface area contributed by atoms with Gasteiger partial charge in [-0.2, -0.15) is 0 Å². The monoisotopic (exact) mass is 266 g/mol. The Morgan fingerprint density at radius 3 is 2.84 bits per heavy atom. The van der Waals surface area contributed by atoms with E-state index >= 15 is 0 Å². The second-order valence-electron chi connectivity index (χ2n) is 5.51. The third kappa shape index (κ3) is 3.07. The van der Waals surface area contributed by atoms with Crippen LogP contribution >= 0.6 is 0 Å². The van der Waals surface area contributed by atoms with Crippen LogP contribution in [-0.4, -0.2) is 43.2 Å². The summed E-state index contributed by atoms with van der Waals surface area (Å²) in [5, 5.41) is 9.79. The van der Waals surface area contributed by atoms with Gasteiger partial charge in [-0.05, 0) is 39.4 Å². The Morgan fingerprint density at radius 2 is 2.26 bits per heavy atom. The summed E-state index contributed by atoms with van der Waals surface area (Å²) in [6.07, 6.45) is 1.70. The maximum atomic E-state index is 14.1. The van der Waals surface area contributed by atoms with E-state index in [1.807, 2.05) is 11.9 Å². The van der Waals surface area contributed by atoms with Gasteiger partial charge in [0.2, 0.25) is 0 Å². The Morgan fingerprint density at radius 1 is 1.53 bits per heavy atom. The molecule has 1 saturated heterocycles. The van der Waals surface area contributed by atoms with Crippen LogP contribution in [0.2, 0.25) is 0 Å². The van der Waals surface area contributed by atoms with Crippen molar-refractivity contribution < 1.29 is 9.50 Å². The van der Waals surface area contributed by atoms with Crippen molar-refractivity contribution in [3.05, 3.63) is 29.6 Å². The van der Waals surface area contributed by atoms with Gasteiger partial charge in [0.25, 0.3) is 0 Å². The van der Waals surface area contributed by atoms with Crippen molar-refractivity contribution in [2.75, 3.05) is 32.1 Å². The Balaban J connectivity index is 2.20. The number of halogens is 1. The third-order valence-electron chi connectivity index (χ3n) is 4.01. The zero-order valence-corrected chi connectivity index (χ0v) is 11.9. The van der Waals surface area contributed by atoms with Gasteiger partial charge in [0.05, 0.1) is 11.8 Å². The maximum absolute atomic E-state index is 14.1. The average molecular weight is 266 g/mol. The molecule has 1 aliphatic heterocycles. The minimum Gasteiger partial charge on any atom is -0.389 e. The number of aliphatic hydroxyl groups is 1. The van der Waals surface area contributed by atoms with E-state index in [-0.39, 0.29) is 5.82 Å². The number of likely N-dealkylation sites (N-methyl/N-ethyl adjacent to an activating group) is 2. The van der Waals surface area contributed by atoms with Crippen LogP contribution in [0.4, 0.5) is 10.1 Å². The first-order chi connectivity index (χ1) is 9.00. The first-order valence-corrected chi connectivity index (χ1v) is 6.88. The number of hydrogen-bond acceptors (Lipinski definition) is 3. The molecule has 1 fully saturated rings. The van der Waals surface area contributed by atoms with E-state index in [0.29, 0.717) is 17.3 Å². The summed E-state index contributed by atoms with van der Waals surface area (Å²) in [7, 11) is 4.01. The van der Waals surface area contributed by atoms with Gasteiger partial charge in [-0.1, -0.05) is 12.1 Å².